The van der Waals surface area contributed by atoms with Crippen LogP contribution >= 0.6 is 15.9 Å². The van der Waals surface area contributed by atoms with Gasteiger partial charge in [0.2, 0.25) is 0 Å². The molecule has 2 nitrogen and oxygen atoms in total. The smallest absolute Gasteiger partial charge is 0.185 e. The van der Waals surface area contributed by atoms with Gasteiger partial charge in [-0.15, -0.1) is 0 Å². The van der Waals surface area contributed by atoms with E-state index in [4.69, 9.17) is 4.42 Å². The number of aldehydes is 1. The lowest BCUT2D eigenvalue weighted by atomic mass is 10.1. The topological polar surface area (TPSA) is 30.2 Å². The highest BCUT2D eigenvalue weighted by atomic mass is 79.9. The molecule has 0 spiro atoms. The third-order valence-corrected chi connectivity index (χ3v) is 2.66. The van der Waals surface area contributed by atoms with Crippen LogP contribution in [0.5, 0.6) is 0 Å². The van der Waals surface area contributed by atoms with E-state index < -0.39 is 0 Å². The SMILES string of the molecule is O=Cc1ccc(Cc2cc(Br)ccc2F)o1. The van der Waals surface area contributed by atoms with Crippen molar-refractivity contribution in [3.05, 3.63) is 57.7 Å². The maximum absolute atomic E-state index is 13.4. The number of carbonyl (C=O) groups is 1. The van der Waals surface area contributed by atoms with Crippen molar-refractivity contribution in [2.75, 3.05) is 0 Å². The molecule has 0 bridgehead atoms. The van der Waals surface area contributed by atoms with E-state index in [1.165, 1.54) is 6.07 Å². The summed E-state index contributed by atoms with van der Waals surface area (Å²) >= 11 is 3.28. The zero-order chi connectivity index (χ0) is 11.5. The van der Waals surface area contributed by atoms with E-state index in [1.807, 2.05) is 0 Å². The summed E-state index contributed by atoms with van der Waals surface area (Å²) in [6, 6.07) is 7.96. The Morgan fingerprint density at radius 2 is 2.12 bits per heavy atom. The van der Waals surface area contributed by atoms with Gasteiger partial charge < -0.3 is 4.42 Å². The Kier molecular flexibility index (Phi) is 3.19. The van der Waals surface area contributed by atoms with Crippen molar-refractivity contribution in [2.45, 2.75) is 6.42 Å². The second-order valence-corrected chi connectivity index (χ2v) is 4.25. The Bertz CT molecular complexity index is 519. The standard InChI is InChI=1S/C12H8BrFO2/c13-9-1-4-12(14)8(5-9)6-10-2-3-11(7-15)16-10/h1-5,7H,6H2. The molecule has 0 radical (unpaired) electrons. The van der Waals surface area contributed by atoms with E-state index in [9.17, 15) is 9.18 Å². The number of hydrogen-bond acceptors (Lipinski definition) is 2. The minimum atomic E-state index is -0.285. The number of benzene rings is 1. The average molecular weight is 283 g/mol. The molecule has 2 rings (SSSR count). The molecule has 0 fully saturated rings. The predicted molar refractivity (Wildman–Crippen MR) is 61.0 cm³/mol. The Hall–Kier alpha value is -1.42. The number of hydrogen-bond donors (Lipinski definition) is 0. The molecular weight excluding hydrogens is 275 g/mol. The van der Waals surface area contributed by atoms with Crippen molar-refractivity contribution in [2.24, 2.45) is 0 Å². The van der Waals surface area contributed by atoms with E-state index in [0.717, 1.165) is 4.47 Å². The quantitative estimate of drug-likeness (QED) is 0.806. The van der Waals surface area contributed by atoms with Crippen LogP contribution in [-0.4, -0.2) is 6.29 Å². The van der Waals surface area contributed by atoms with Gasteiger partial charge in [-0.3, -0.25) is 4.79 Å². The van der Waals surface area contributed by atoms with Gasteiger partial charge in [-0.05, 0) is 35.9 Å². The van der Waals surface area contributed by atoms with Crippen LogP contribution in [0, 0.1) is 5.82 Å². The first-order valence-corrected chi connectivity index (χ1v) is 5.46. The summed E-state index contributed by atoms with van der Waals surface area (Å²) in [7, 11) is 0. The molecule has 0 aliphatic carbocycles. The maximum atomic E-state index is 13.4. The lowest BCUT2D eigenvalue weighted by Crippen LogP contribution is -1.91. The molecule has 0 saturated heterocycles. The van der Waals surface area contributed by atoms with Gasteiger partial charge in [-0.25, -0.2) is 4.39 Å². The van der Waals surface area contributed by atoms with E-state index in [-0.39, 0.29) is 11.6 Å². The molecule has 4 heteroatoms. The summed E-state index contributed by atoms with van der Waals surface area (Å²) in [4.78, 5) is 10.4. The summed E-state index contributed by atoms with van der Waals surface area (Å²) in [5.74, 6) is 0.539. The van der Waals surface area contributed by atoms with Crippen molar-refractivity contribution in [1.29, 1.82) is 0 Å². The van der Waals surface area contributed by atoms with Crippen LogP contribution in [0.15, 0.2) is 39.2 Å². The molecule has 0 N–H and O–H groups in total. The highest BCUT2D eigenvalue weighted by molar-refractivity contribution is 9.10. The van der Waals surface area contributed by atoms with Crippen molar-refractivity contribution in [3.63, 3.8) is 0 Å². The normalized spacial score (nSPS) is 10.4. The van der Waals surface area contributed by atoms with E-state index in [2.05, 4.69) is 15.9 Å². The first-order chi connectivity index (χ1) is 7.69. The van der Waals surface area contributed by atoms with Gasteiger partial charge in [0.05, 0.1) is 0 Å². The maximum Gasteiger partial charge on any atom is 0.185 e. The third kappa shape index (κ3) is 2.39. The van der Waals surface area contributed by atoms with Crippen LogP contribution in [0.1, 0.15) is 21.9 Å². The van der Waals surface area contributed by atoms with E-state index in [0.29, 0.717) is 24.0 Å². The Morgan fingerprint density at radius 1 is 1.31 bits per heavy atom. The molecule has 0 aliphatic heterocycles. The Morgan fingerprint density at radius 3 is 2.81 bits per heavy atom. The van der Waals surface area contributed by atoms with Gasteiger partial charge in [0.25, 0.3) is 0 Å². The lowest BCUT2D eigenvalue weighted by molar-refractivity contribution is 0.109. The summed E-state index contributed by atoms with van der Waals surface area (Å²) < 4.78 is 19.4. The molecule has 82 valence electrons. The molecule has 0 saturated carbocycles. The van der Waals surface area contributed by atoms with Gasteiger partial charge in [0.15, 0.2) is 12.0 Å². The molecule has 1 aromatic heterocycles. The summed E-state index contributed by atoms with van der Waals surface area (Å²) in [5, 5.41) is 0. The number of carbonyl (C=O) groups excluding carboxylic acids is 1. The highest BCUT2D eigenvalue weighted by Crippen LogP contribution is 2.19. The summed E-state index contributed by atoms with van der Waals surface area (Å²) in [5.41, 5.74) is 0.529. The minimum absolute atomic E-state index is 0.255. The molecule has 0 atom stereocenters. The van der Waals surface area contributed by atoms with Crippen LogP contribution in [0.4, 0.5) is 4.39 Å². The van der Waals surface area contributed by atoms with Crippen LogP contribution < -0.4 is 0 Å². The predicted octanol–water partition coefficient (Wildman–Crippen LogP) is 3.58. The van der Waals surface area contributed by atoms with Gasteiger partial charge >= 0.3 is 0 Å². The second-order valence-electron chi connectivity index (χ2n) is 3.33. The number of furan rings is 1. The van der Waals surface area contributed by atoms with Crippen LogP contribution in [0.2, 0.25) is 0 Å². The second kappa shape index (κ2) is 4.61. The Balaban J connectivity index is 2.26. The molecule has 1 heterocycles. The molecule has 16 heavy (non-hydrogen) atoms. The van der Waals surface area contributed by atoms with Crippen molar-refractivity contribution in [1.82, 2.24) is 0 Å². The van der Waals surface area contributed by atoms with Crippen molar-refractivity contribution >= 4 is 22.2 Å². The van der Waals surface area contributed by atoms with Crippen molar-refractivity contribution in [3.8, 4) is 0 Å². The average Bonchev–Trinajstić information content (AvgIpc) is 2.71. The molecule has 0 aliphatic rings. The fraction of sp³-hybridized carbons (Fsp3) is 0.0833. The fourth-order valence-corrected chi connectivity index (χ4v) is 1.83. The van der Waals surface area contributed by atoms with Crippen molar-refractivity contribution < 1.29 is 13.6 Å². The molecule has 0 unspecified atom stereocenters. The van der Waals surface area contributed by atoms with E-state index in [1.54, 1.807) is 24.3 Å². The largest absolute Gasteiger partial charge is 0.458 e. The first-order valence-electron chi connectivity index (χ1n) is 4.67. The zero-order valence-electron chi connectivity index (χ0n) is 8.24. The minimum Gasteiger partial charge on any atom is -0.458 e. The molecule has 1 aromatic carbocycles. The summed E-state index contributed by atoms with van der Waals surface area (Å²) in [6.45, 7) is 0. The lowest BCUT2D eigenvalue weighted by Gasteiger charge is -2.01. The van der Waals surface area contributed by atoms with Crippen LogP contribution in [0.25, 0.3) is 0 Å². The van der Waals surface area contributed by atoms with Gasteiger partial charge in [0, 0.05) is 10.9 Å². The summed E-state index contributed by atoms with van der Waals surface area (Å²) in [6.07, 6.45) is 0.958. The zero-order valence-corrected chi connectivity index (χ0v) is 9.83. The van der Waals surface area contributed by atoms with Gasteiger partial charge in [-0.1, -0.05) is 15.9 Å². The van der Waals surface area contributed by atoms with E-state index >= 15 is 0 Å². The van der Waals surface area contributed by atoms with Crippen LogP contribution in [0.3, 0.4) is 0 Å². The van der Waals surface area contributed by atoms with Gasteiger partial charge in [0.1, 0.15) is 11.6 Å². The van der Waals surface area contributed by atoms with Gasteiger partial charge in [-0.2, -0.15) is 0 Å². The Labute approximate surface area is 100 Å². The molecule has 2 aromatic rings. The molecule has 0 amide bonds. The fourth-order valence-electron chi connectivity index (χ4n) is 1.42. The van der Waals surface area contributed by atoms with Crippen LogP contribution in [-0.2, 0) is 6.42 Å². The number of rotatable bonds is 3. The number of halogens is 2. The molecular formula is C12H8BrFO2. The highest BCUT2D eigenvalue weighted by Gasteiger charge is 2.07. The third-order valence-electron chi connectivity index (χ3n) is 2.17. The monoisotopic (exact) mass is 282 g/mol. The first kappa shape index (κ1) is 11.1.